The first-order chi connectivity index (χ1) is 20.3. The molecule has 0 spiro atoms. The van der Waals surface area contributed by atoms with Crippen LogP contribution in [0.25, 0.3) is 0 Å². The van der Waals surface area contributed by atoms with Crippen LogP contribution in [0.15, 0.2) is 17.4 Å². The Balaban J connectivity index is 0.0000168. The highest BCUT2D eigenvalue weighted by molar-refractivity contribution is 5.50. The van der Waals surface area contributed by atoms with Crippen molar-refractivity contribution in [2.45, 2.75) is 219 Å². The molecule has 3 heteroatoms. The molecule has 2 nitrogen and oxygen atoms in total. The van der Waals surface area contributed by atoms with Gasteiger partial charge in [-0.25, -0.2) is 4.99 Å². The zero-order valence-electron chi connectivity index (χ0n) is 29.0. The standard InChI is InChI=1S/C39H77N2.HI/c1-3-5-7-9-11-13-15-17-19-21-23-25-27-29-31-33-36-41(38-35-40-39-41)37-34-32-30-28-26-24-22-20-18-16-14-12-10-8-6-4-2;/h35,38-39H,3-34,36-37H2,1-2H3;1H/q+1;/p-1. The fraction of sp³-hybridized carbons (Fsp3) is 0.923. The second kappa shape index (κ2) is 34.0. The molecule has 0 N–H and O–H groups in total. The van der Waals surface area contributed by atoms with E-state index in [1.54, 1.807) is 0 Å². The van der Waals surface area contributed by atoms with Crippen LogP contribution < -0.4 is 24.0 Å². The maximum Gasteiger partial charge on any atom is 0.194 e. The normalized spacial score (nSPS) is 13.7. The Kier molecular flexibility index (Phi) is 34.1. The molecule has 0 radical (unpaired) electrons. The highest BCUT2D eigenvalue weighted by Gasteiger charge is 2.24. The number of halogens is 1. The SMILES string of the molecule is CCCCCCCCCCCCCCCCCC[N+]1(CCCCCCCCCCCCCCCCCC)C=CN=C1.[I-]. The van der Waals surface area contributed by atoms with Crippen LogP contribution in [0.3, 0.4) is 0 Å². The number of rotatable bonds is 34. The molecule has 1 aliphatic heterocycles. The average Bonchev–Trinajstić information content (AvgIpc) is 3.45. The van der Waals surface area contributed by atoms with Crippen LogP contribution in [0, 0.1) is 0 Å². The van der Waals surface area contributed by atoms with Crippen molar-refractivity contribution in [3.8, 4) is 0 Å². The third-order valence-corrected chi connectivity index (χ3v) is 9.60. The van der Waals surface area contributed by atoms with Crippen LogP contribution >= 0.6 is 0 Å². The highest BCUT2D eigenvalue weighted by atomic mass is 127. The quantitative estimate of drug-likeness (QED) is 0.0360. The van der Waals surface area contributed by atoms with Crippen LogP contribution in [0.1, 0.15) is 219 Å². The van der Waals surface area contributed by atoms with Gasteiger partial charge in [0.1, 0.15) is 6.20 Å². The molecular formula is C39H77IN2. The first kappa shape index (κ1) is 42.1. The van der Waals surface area contributed by atoms with E-state index in [0.717, 1.165) is 4.48 Å². The van der Waals surface area contributed by atoms with Gasteiger partial charge in [0.05, 0.1) is 19.3 Å². The van der Waals surface area contributed by atoms with E-state index in [-0.39, 0.29) is 24.0 Å². The Labute approximate surface area is 283 Å². The van der Waals surface area contributed by atoms with Crippen molar-refractivity contribution in [3.05, 3.63) is 12.4 Å². The lowest BCUT2D eigenvalue weighted by Gasteiger charge is -2.27. The lowest BCUT2D eigenvalue weighted by molar-refractivity contribution is -0.780. The molecule has 0 aromatic rings. The molecule has 0 bridgehead atoms. The maximum atomic E-state index is 4.49. The van der Waals surface area contributed by atoms with Gasteiger partial charge in [0, 0.05) is 0 Å². The van der Waals surface area contributed by atoms with Crippen molar-refractivity contribution in [3.63, 3.8) is 0 Å². The van der Waals surface area contributed by atoms with E-state index >= 15 is 0 Å². The lowest BCUT2D eigenvalue weighted by atomic mass is 10.0. The van der Waals surface area contributed by atoms with Crippen LogP contribution in [-0.4, -0.2) is 23.9 Å². The summed E-state index contributed by atoms with van der Waals surface area (Å²) in [6, 6.07) is 0. The molecule has 0 saturated heterocycles. The van der Waals surface area contributed by atoms with Gasteiger partial charge in [-0.1, -0.05) is 194 Å². The van der Waals surface area contributed by atoms with E-state index in [4.69, 9.17) is 0 Å². The summed E-state index contributed by atoms with van der Waals surface area (Å²) >= 11 is 0. The van der Waals surface area contributed by atoms with Crippen molar-refractivity contribution in [2.24, 2.45) is 4.99 Å². The van der Waals surface area contributed by atoms with Gasteiger partial charge in [0.25, 0.3) is 0 Å². The molecule has 0 atom stereocenters. The Morgan fingerprint density at radius 3 is 0.810 bits per heavy atom. The molecule has 250 valence electrons. The van der Waals surface area contributed by atoms with Crippen molar-refractivity contribution >= 4 is 6.34 Å². The Morgan fingerprint density at radius 2 is 0.595 bits per heavy atom. The molecule has 0 fully saturated rings. The minimum atomic E-state index is 0. The summed E-state index contributed by atoms with van der Waals surface area (Å²) in [6.07, 6.45) is 52.9. The summed E-state index contributed by atoms with van der Waals surface area (Å²) in [5.74, 6) is 0. The fourth-order valence-electron chi connectivity index (χ4n) is 6.67. The molecule has 0 unspecified atom stereocenters. The molecular weight excluding hydrogens is 623 g/mol. The second-order valence-corrected chi connectivity index (χ2v) is 13.7. The number of aliphatic imine (C=N–C) groups is 1. The predicted molar refractivity (Wildman–Crippen MR) is 187 cm³/mol. The van der Waals surface area contributed by atoms with Crippen LogP contribution in [0.5, 0.6) is 0 Å². The van der Waals surface area contributed by atoms with Crippen molar-refractivity contribution in [2.75, 3.05) is 13.1 Å². The summed E-state index contributed by atoms with van der Waals surface area (Å²) < 4.78 is 1.03. The minimum absolute atomic E-state index is 0. The highest BCUT2D eigenvalue weighted by Crippen LogP contribution is 2.19. The van der Waals surface area contributed by atoms with Gasteiger partial charge in [-0.2, -0.15) is 0 Å². The van der Waals surface area contributed by atoms with Gasteiger partial charge in [0.2, 0.25) is 0 Å². The number of nitrogens with zero attached hydrogens (tertiary/aromatic N) is 2. The Bertz CT molecular complexity index is 523. The first-order valence-electron chi connectivity index (χ1n) is 19.4. The zero-order valence-corrected chi connectivity index (χ0v) is 31.2. The van der Waals surface area contributed by atoms with Crippen LogP contribution in [0.4, 0.5) is 0 Å². The summed E-state index contributed by atoms with van der Waals surface area (Å²) in [4.78, 5) is 4.49. The fourth-order valence-corrected chi connectivity index (χ4v) is 6.67. The van der Waals surface area contributed by atoms with Crippen molar-refractivity contribution in [1.82, 2.24) is 0 Å². The summed E-state index contributed by atoms with van der Waals surface area (Å²) in [7, 11) is 0. The third kappa shape index (κ3) is 27.6. The van der Waals surface area contributed by atoms with E-state index in [9.17, 15) is 0 Å². The Morgan fingerprint density at radius 1 is 0.357 bits per heavy atom. The molecule has 1 heterocycles. The van der Waals surface area contributed by atoms with E-state index in [0.29, 0.717) is 0 Å². The molecule has 0 aromatic carbocycles. The van der Waals surface area contributed by atoms with Crippen LogP contribution in [0.2, 0.25) is 0 Å². The third-order valence-electron chi connectivity index (χ3n) is 9.60. The predicted octanol–water partition coefficient (Wildman–Crippen LogP) is 10.8. The van der Waals surface area contributed by atoms with Gasteiger partial charge < -0.3 is 24.0 Å². The molecule has 0 aliphatic carbocycles. The second-order valence-electron chi connectivity index (χ2n) is 13.7. The number of hydrogen-bond acceptors (Lipinski definition) is 1. The van der Waals surface area contributed by atoms with Gasteiger partial charge >= 0.3 is 0 Å². The summed E-state index contributed by atoms with van der Waals surface area (Å²) in [6.45, 7) is 7.14. The van der Waals surface area contributed by atoms with E-state index in [1.165, 1.54) is 219 Å². The van der Waals surface area contributed by atoms with E-state index < -0.39 is 0 Å². The largest absolute Gasteiger partial charge is 1.00 e. The Hall–Kier alpha value is 0.100. The molecule has 1 rings (SSSR count). The molecule has 0 amide bonds. The molecule has 0 aromatic heterocycles. The minimum Gasteiger partial charge on any atom is -1.00 e. The lowest BCUT2D eigenvalue weighted by Crippen LogP contribution is -3.00. The molecule has 42 heavy (non-hydrogen) atoms. The number of hydrogen-bond donors (Lipinski definition) is 0. The molecule has 0 saturated carbocycles. The van der Waals surface area contributed by atoms with Crippen molar-refractivity contribution in [1.29, 1.82) is 0 Å². The van der Waals surface area contributed by atoms with Gasteiger partial charge in [-0.05, 0) is 25.7 Å². The van der Waals surface area contributed by atoms with Gasteiger partial charge in [-0.3, -0.25) is 4.48 Å². The maximum absolute atomic E-state index is 4.49. The van der Waals surface area contributed by atoms with E-state index in [2.05, 4.69) is 31.4 Å². The number of unbranched alkanes of at least 4 members (excludes halogenated alkanes) is 30. The van der Waals surface area contributed by atoms with E-state index in [1.807, 2.05) is 6.20 Å². The average molecular weight is 701 g/mol. The summed E-state index contributed by atoms with van der Waals surface area (Å²) in [5.41, 5.74) is 0. The monoisotopic (exact) mass is 701 g/mol. The topological polar surface area (TPSA) is 12.4 Å². The van der Waals surface area contributed by atoms with Crippen molar-refractivity contribution < 1.29 is 28.5 Å². The zero-order chi connectivity index (χ0) is 29.4. The smallest absolute Gasteiger partial charge is 0.194 e. The van der Waals surface area contributed by atoms with Gasteiger partial charge in [0.15, 0.2) is 6.34 Å². The van der Waals surface area contributed by atoms with Gasteiger partial charge in [-0.15, -0.1) is 0 Å². The number of quaternary nitrogens is 1. The summed E-state index contributed by atoms with van der Waals surface area (Å²) in [5, 5.41) is 0. The first-order valence-corrected chi connectivity index (χ1v) is 19.4. The molecule has 1 aliphatic rings. The van der Waals surface area contributed by atoms with Crippen LogP contribution in [-0.2, 0) is 0 Å².